The first-order valence-electron chi connectivity index (χ1n) is 7.89. The van der Waals surface area contributed by atoms with Gasteiger partial charge in [-0.1, -0.05) is 11.6 Å². The first kappa shape index (κ1) is 16.4. The highest BCUT2D eigenvalue weighted by molar-refractivity contribution is 6.32. The number of fused-ring (bicyclic) bond motifs is 2. The molecule has 0 radical (unpaired) electrons. The molecule has 3 aromatic rings. The number of ether oxygens (including phenoxy) is 2. The molecular formula is C18H15ClN4O3. The van der Waals surface area contributed by atoms with Gasteiger partial charge in [-0.3, -0.25) is 9.48 Å². The van der Waals surface area contributed by atoms with Crippen molar-refractivity contribution in [3.05, 3.63) is 46.8 Å². The van der Waals surface area contributed by atoms with Crippen molar-refractivity contribution in [1.82, 2.24) is 14.8 Å². The van der Waals surface area contributed by atoms with Gasteiger partial charge in [0.15, 0.2) is 17.1 Å². The number of nitrogens with one attached hydrogen (secondary N) is 1. The van der Waals surface area contributed by atoms with E-state index in [9.17, 15) is 4.79 Å². The monoisotopic (exact) mass is 370 g/mol. The lowest BCUT2D eigenvalue weighted by atomic mass is 10.2. The zero-order chi connectivity index (χ0) is 18.3. The van der Waals surface area contributed by atoms with Gasteiger partial charge in [-0.15, -0.1) is 0 Å². The van der Waals surface area contributed by atoms with E-state index >= 15 is 0 Å². The molecule has 8 heteroatoms. The fourth-order valence-corrected chi connectivity index (χ4v) is 3.09. The lowest BCUT2D eigenvalue weighted by Gasteiger charge is -2.03. The van der Waals surface area contributed by atoms with Gasteiger partial charge in [0.1, 0.15) is 0 Å². The van der Waals surface area contributed by atoms with E-state index in [2.05, 4.69) is 15.4 Å². The number of rotatable bonds is 3. The molecule has 3 heterocycles. The number of nitrogens with zero attached hydrogens (tertiary/aromatic N) is 3. The Morgan fingerprint density at radius 2 is 2.19 bits per heavy atom. The van der Waals surface area contributed by atoms with E-state index in [1.807, 2.05) is 20.0 Å². The minimum Gasteiger partial charge on any atom is -0.454 e. The minimum atomic E-state index is -0.276. The van der Waals surface area contributed by atoms with Crippen LogP contribution in [0.5, 0.6) is 11.5 Å². The van der Waals surface area contributed by atoms with Gasteiger partial charge < -0.3 is 14.8 Å². The van der Waals surface area contributed by atoms with Gasteiger partial charge >= 0.3 is 0 Å². The third-order valence-corrected chi connectivity index (χ3v) is 4.29. The molecule has 1 amide bonds. The number of anilines is 1. The Labute approximate surface area is 154 Å². The molecule has 0 bridgehead atoms. The van der Waals surface area contributed by atoms with Crippen molar-refractivity contribution >= 4 is 40.3 Å². The number of carbonyl (C=O) groups is 1. The van der Waals surface area contributed by atoms with Crippen molar-refractivity contribution in [1.29, 1.82) is 0 Å². The van der Waals surface area contributed by atoms with Gasteiger partial charge in [-0.05, 0) is 36.8 Å². The summed E-state index contributed by atoms with van der Waals surface area (Å²) in [6.07, 6.45) is 4.69. The SMILES string of the molecule is Cc1nn(C)c2ncc(NC(=O)/C=C/c3cc(Cl)c4c(c3)OCO4)cc12. The fourth-order valence-electron chi connectivity index (χ4n) is 2.82. The molecule has 1 N–H and O–H groups in total. The molecule has 1 aromatic carbocycles. The number of pyridine rings is 1. The van der Waals surface area contributed by atoms with Crippen molar-refractivity contribution in [2.45, 2.75) is 6.92 Å². The predicted octanol–water partition coefficient (Wildman–Crippen LogP) is 3.31. The second-order valence-electron chi connectivity index (χ2n) is 5.86. The summed E-state index contributed by atoms with van der Waals surface area (Å²) >= 11 is 6.14. The minimum absolute atomic E-state index is 0.145. The summed E-state index contributed by atoms with van der Waals surface area (Å²) in [5, 5.41) is 8.46. The number of benzene rings is 1. The zero-order valence-corrected chi connectivity index (χ0v) is 14.9. The van der Waals surface area contributed by atoms with E-state index in [1.54, 1.807) is 29.1 Å². The first-order valence-corrected chi connectivity index (χ1v) is 8.26. The van der Waals surface area contributed by atoms with Crippen LogP contribution < -0.4 is 14.8 Å². The highest BCUT2D eigenvalue weighted by Gasteiger charge is 2.17. The molecule has 0 atom stereocenters. The summed E-state index contributed by atoms with van der Waals surface area (Å²) in [6.45, 7) is 2.05. The van der Waals surface area contributed by atoms with Crippen LogP contribution in [0.15, 0.2) is 30.5 Å². The molecule has 4 rings (SSSR count). The number of hydrogen-bond acceptors (Lipinski definition) is 5. The van der Waals surface area contributed by atoms with Crippen LogP contribution in [0.2, 0.25) is 5.02 Å². The molecular weight excluding hydrogens is 356 g/mol. The van der Waals surface area contributed by atoms with Crippen LogP contribution >= 0.6 is 11.6 Å². The molecule has 26 heavy (non-hydrogen) atoms. The fraction of sp³-hybridized carbons (Fsp3) is 0.167. The summed E-state index contributed by atoms with van der Waals surface area (Å²) in [4.78, 5) is 16.5. The number of hydrogen-bond donors (Lipinski definition) is 1. The second kappa shape index (κ2) is 6.34. The number of halogens is 1. The van der Waals surface area contributed by atoms with Gasteiger partial charge in [0.2, 0.25) is 12.7 Å². The predicted molar refractivity (Wildman–Crippen MR) is 98.5 cm³/mol. The Morgan fingerprint density at radius 3 is 3.04 bits per heavy atom. The van der Waals surface area contributed by atoms with Gasteiger partial charge in [-0.2, -0.15) is 5.10 Å². The number of carbonyl (C=O) groups excluding carboxylic acids is 1. The van der Waals surface area contributed by atoms with E-state index in [0.717, 1.165) is 22.3 Å². The molecule has 132 valence electrons. The van der Waals surface area contributed by atoms with Crippen molar-refractivity contribution in [2.75, 3.05) is 12.1 Å². The van der Waals surface area contributed by atoms with E-state index in [1.165, 1.54) is 6.08 Å². The van der Waals surface area contributed by atoms with Gasteiger partial charge in [0, 0.05) is 18.5 Å². The second-order valence-corrected chi connectivity index (χ2v) is 6.27. The Kier molecular flexibility index (Phi) is 4.00. The maximum absolute atomic E-state index is 12.2. The molecule has 0 saturated carbocycles. The molecule has 0 spiro atoms. The number of amides is 1. The first-order chi connectivity index (χ1) is 12.5. The van der Waals surface area contributed by atoms with Crippen LogP contribution in [0.1, 0.15) is 11.3 Å². The molecule has 7 nitrogen and oxygen atoms in total. The molecule has 0 aliphatic carbocycles. The average molecular weight is 371 g/mol. The Balaban J connectivity index is 1.51. The number of aromatic nitrogens is 3. The maximum Gasteiger partial charge on any atom is 0.248 e. The largest absolute Gasteiger partial charge is 0.454 e. The quantitative estimate of drug-likeness (QED) is 0.715. The summed E-state index contributed by atoms with van der Waals surface area (Å²) < 4.78 is 12.3. The van der Waals surface area contributed by atoms with Gasteiger partial charge in [-0.25, -0.2) is 4.98 Å². The van der Waals surface area contributed by atoms with Crippen LogP contribution in [-0.2, 0) is 11.8 Å². The summed E-state index contributed by atoms with van der Waals surface area (Å²) in [7, 11) is 1.83. The molecule has 0 fully saturated rings. The summed E-state index contributed by atoms with van der Waals surface area (Å²) in [5.74, 6) is 0.820. The van der Waals surface area contributed by atoms with E-state index in [-0.39, 0.29) is 12.7 Å². The summed E-state index contributed by atoms with van der Waals surface area (Å²) in [6, 6.07) is 5.34. The zero-order valence-electron chi connectivity index (χ0n) is 14.1. The van der Waals surface area contributed by atoms with Crippen molar-refractivity contribution < 1.29 is 14.3 Å². The average Bonchev–Trinajstić information content (AvgIpc) is 3.18. The normalized spacial score (nSPS) is 12.9. The van der Waals surface area contributed by atoms with E-state index in [0.29, 0.717) is 22.2 Å². The van der Waals surface area contributed by atoms with Crippen molar-refractivity contribution in [3.63, 3.8) is 0 Å². The smallest absolute Gasteiger partial charge is 0.248 e. The maximum atomic E-state index is 12.2. The molecule has 1 aliphatic heterocycles. The topological polar surface area (TPSA) is 78.3 Å². The summed E-state index contributed by atoms with van der Waals surface area (Å²) in [5.41, 5.74) is 2.97. The lowest BCUT2D eigenvalue weighted by molar-refractivity contribution is -0.111. The van der Waals surface area contributed by atoms with Crippen LogP contribution in [0.3, 0.4) is 0 Å². The Hall–Kier alpha value is -3.06. The highest BCUT2D eigenvalue weighted by atomic mass is 35.5. The van der Waals surface area contributed by atoms with Crippen LogP contribution in [-0.4, -0.2) is 27.5 Å². The van der Waals surface area contributed by atoms with E-state index in [4.69, 9.17) is 21.1 Å². The van der Waals surface area contributed by atoms with E-state index < -0.39 is 0 Å². The highest BCUT2D eigenvalue weighted by Crippen LogP contribution is 2.40. The van der Waals surface area contributed by atoms with Crippen LogP contribution in [0.4, 0.5) is 5.69 Å². The Bertz CT molecular complexity index is 1060. The Morgan fingerprint density at radius 1 is 1.35 bits per heavy atom. The third-order valence-electron chi connectivity index (χ3n) is 4.01. The van der Waals surface area contributed by atoms with Gasteiger partial charge in [0.05, 0.1) is 22.6 Å². The van der Waals surface area contributed by atoms with Crippen LogP contribution in [0.25, 0.3) is 17.1 Å². The molecule has 1 aliphatic rings. The molecule has 2 aromatic heterocycles. The lowest BCUT2D eigenvalue weighted by Crippen LogP contribution is -2.08. The van der Waals surface area contributed by atoms with Crippen LogP contribution in [0, 0.1) is 6.92 Å². The van der Waals surface area contributed by atoms with Gasteiger partial charge in [0.25, 0.3) is 0 Å². The molecule has 0 unspecified atom stereocenters. The number of aryl methyl sites for hydroxylation is 2. The van der Waals surface area contributed by atoms with Crippen molar-refractivity contribution in [2.24, 2.45) is 7.05 Å². The standard InChI is InChI=1S/C18H15ClN4O3/c1-10-13-7-12(8-20-18(13)23(2)22-10)21-16(24)4-3-11-5-14(19)17-15(6-11)25-9-26-17/h3-8H,9H2,1-2H3,(H,21,24)/b4-3+. The third kappa shape index (κ3) is 2.97. The van der Waals surface area contributed by atoms with Crippen molar-refractivity contribution in [3.8, 4) is 11.5 Å². The molecule has 0 saturated heterocycles.